The van der Waals surface area contributed by atoms with E-state index in [0.717, 1.165) is 0 Å². The van der Waals surface area contributed by atoms with Crippen LogP contribution in [0.15, 0.2) is 16.9 Å². The summed E-state index contributed by atoms with van der Waals surface area (Å²) in [6, 6.07) is 2.83. The lowest BCUT2D eigenvalue weighted by molar-refractivity contribution is 0.0444. The van der Waals surface area contributed by atoms with Crippen molar-refractivity contribution < 1.29 is 14.3 Å². The minimum atomic E-state index is -0.664. The molecule has 0 aromatic heterocycles. The fourth-order valence-electron chi connectivity index (χ4n) is 1.46. The van der Waals surface area contributed by atoms with Crippen molar-refractivity contribution in [2.24, 2.45) is 0 Å². The molecule has 62 valence electrons. The molecule has 0 saturated carbocycles. The topological polar surface area (TPSA) is 60.4 Å². The summed E-state index contributed by atoms with van der Waals surface area (Å²) in [5, 5.41) is 1.04. The van der Waals surface area contributed by atoms with Crippen LogP contribution in [-0.2, 0) is 4.74 Å². The van der Waals surface area contributed by atoms with Gasteiger partial charge in [0.2, 0.25) is 0 Å². The molecule has 1 heterocycles. The zero-order chi connectivity index (χ0) is 9.16. The van der Waals surface area contributed by atoms with Gasteiger partial charge in [0, 0.05) is 10.8 Å². The fourth-order valence-corrected chi connectivity index (χ4v) is 1.46. The number of carbonyl (C=O) groups excluding carboxylic acids is 2. The summed E-state index contributed by atoms with van der Waals surface area (Å²) in [6.07, 6.45) is 0. The highest BCUT2D eigenvalue weighted by atomic mass is 16.6. The van der Waals surface area contributed by atoms with Gasteiger partial charge in [0.1, 0.15) is 0 Å². The van der Waals surface area contributed by atoms with E-state index < -0.39 is 11.9 Å². The molecule has 1 aliphatic rings. The zero-order valence-corrected chi connectivity index (χ0v) is 6.29. The minimum absolute atomic E-state index is 0.0880. The van der Waals surface area contributed by atoms with E-state index in [2.05, 4.69) is 4.74 Å². The Morgan fingerprint density at radius 1 is 0.846 bits per heavy atom. The van der Waals surface area contributed by atoms with Crippen molar-refractivity contribution in [2.45, 2.75) is 0 Å². The molecule has 4 nitrogen and oxygen atoms in total. The van der Waals surface area contributed by atoms with Crippen LogP contribution in [0.4, 0.5) is 0 Å². The van der Waals surface area contributed by atoms with Gasteiger partial charge >= 0.3 is 11.9 Å². The van der Waals surface area contributed by atoms with Gasteiger partial charge in [-0.15, -0.1) is 0 Å². The smallest absolute Gasteiger partial charge is 0.346 e. The molecule has 4 heteroatoms. The third-order valence-corrected chi connectivity index (χ3v) is 2.21. The van der Waals surface area contributed by atoms with E-state index in [1.807, 2.05) is 0 Å². The lowest BCUT2D eigenvalue weighted by Gasteiger charge is -1.84. The Kier molecular flexibility index (Phi) is 0.847. The highest BCUT2D eigenvalue weighted by Crippen LogP contribution is 2.26. The van der Waals surface area contributed by atoms with E-state index in [0.29, 0.717) is 10.8 Å². The van der Waals surface area contributed by atoms with Gasteiger partial charge in [0.15, 0.2) is 5.43 Å². The van der Waals surface area contributed by atoms with Gasteiger partial charge in [-0.1, -0.05) is 0 Å². The van der Waals surface area contributed by atoms with Crippen LogP contribution in [0.5, 0.6) is 0 Å². The van der Waals surface area contributed by atoms with Crippen LogP contribution >= 0.6 is 0 Å². The van der Waals surface area contributed by atoms with Crippen molar-refractivity contribution in [3.63, 3.8) is 0 Å². The molecule has 2 aromatic carbocycles. The number of hydrogen-bond donors (Lipinski definition) is 0. The molecule has 0 saturated heterocycles. The molecule has 0 unspecified atom stereocenters. The van der Waals surface area contributed by atoms with Crippen LogP contribution < -0.4 is 5.43 Å². The van der Waals surface area contributed by atoms with Gasteiger partial charge in [-0.05, 0) is 12.1 Å². The summed E-state index contributed by atoms with van der Waals surface area (Å²) in [7, 11) is 0. The molecule has 13 heavy (non-hydrogen) atoms. The van der Waals surface area contributed by atoms with Crippen molar-refractivity contribution in [2.75, 3.05) is 0 Å². The van der Waals surface area contributed by atoms with Crippen molar-refractivity contribution in [3.8, 4) is 0 Å². The van der Waals surface area contributed by atoms with Crippen LogP contribution in [0.25, 0.3) is 10.8 Å². The second-order valence-corrected chi connectivity index (χ2v) is 2.95. The maximum Gasteiger partial charge on any atom is 0.346 e. The number of esters is 2. The summed E-state index contributed by atoms with van der Waals surface area (Å²) < 4.78 is 4.36. The second-order valence-electron chi connectivity index (χ2n) is 2.95. The molecule has 0 N–H and O–H groups in total. The third-order valence-electron chi connectivity index (χ3n) is 2.21. The molecular weight excluding hydrogens is 172 g/mol. The molecule has 0 atom stereocenters. The van der Waals surface area contributed by atoms with E-state index in [1.165, 1.54) is 12.1 Å². The highest BCUT2D eigenvalue weighted by molar-refractivity contribution is 6.18. The average Bonchev–Trinajstić information content (AvgIpc) is 2.65. The first kappa shape index (κ1) is 6.54. The molecule has 0 radical (unpaired) electrons. The van der Waals surface area contributed by atoms with Crippen molar-refractivity contribution >= 4 is 22.7 Å². The third kappa shape index (κ3) is 0.630. The van der Waals surface area contributed by atoms with Crippen LogP contribution in [-0.4, -0.2) is 11.9 Å². The number of ether oxygens (including phenoxy) is 1. The number of benzene rings is 1. The van der Waals surface area contributed by atoms with E-state index in [-0.39, 0.29) is 16.6 Å². The van der Waals surface area contributed by atoms with Gasteiger partial charge in [-0.25, -0.2) is 9.59 Å². The monoisotopic (exact) mass is 174 g/mol. The Labute approximate surface area is 71.4 Å². The largest absolute Gasteiger partial charge is 0.386 e. The Bertz CT molecular complexity index is 535. The lowest BCUT2D eigenvalue weighted by atomic mass is 10.1. The maximum atomic E-state index is 11.0. The first-order valence-corrected chi connectivity index (χ1v) is 3.68. The summed E-state index contributed by atoms with van der Waals surface area (Å²) >= 11 is 0. The van der Waals surface area contributed by atoms with Gasteiger partial charge in [-0.2, -0.15) is 0 Å². The number of hydrogen-bond acceptors (Lipinski definition) is 4. The summed E-state index contributed by atoms with van der Waals surface area (Å²) in [6.45, 7) is 0. The number of rotatable bonds is 0. The number of carbonyl (C=O) groups is 2. The Balaban J connectivity index is 2.43. The standard InChI is InChI=1S/C9H2O4/c10-7-3-1-5-6(2-4(3)7)9(12)13-8(5)11/h1-2H. The van der Waals surface area contributed by atoms with Crippen molar-refractivity contribution in [3.05, 3.63) is 33.5 Å². The Morgan fingerprint density at radius 2 is 1.31 bits per heavy atom. The molecule has 1 aliphatic heterocycles. The van der Waals surface area contributed by atoms with Crippen LogP contribution in [0.3, 0.4) is 0 Å². The molecule has 0 aliphatic carbocycles. The van der Waals surface area contributed by atoms with Gasteiger partial charge in [0.05, 0.1) is 11.1 Å². The van der Waals surface area contributed by atoms with E-state index in [1.54, 1.807) is 0 Å². The van der Waals surface area contributed by atoms with Crippen LogP contribution in [0, 0.1) is 0 Å². The van der Waals surface area contributed by atoms with Crippen molar-refractivity contribution in [1.29, 1.82) is 0 Å². The zero-order valence-electron chi connectivity index (χ0n) is 6.29. The Morgan fingerprint density at radius 3 is 1.77 bits per heavy atom. The normalized spacial score (nSPS) is 15.4. The quantitative estimate of drug-likeness (QED) is 0.428. The predicted octanol–water partition coefficient (Wildman–Crippen LogP) is 0.386. The van der Waals surface area contributed by atoms with Gasteiger partial charge < -0.3 is 4.74 Å². The first-order valence-electron chi connectivity index (χ1n) is 3.68. The van der Waals surface area contributed by atoms with Crippen LogP contribution in [0.2, 0.25) is 0 Å². The molecule has 0 fully saturated rings. The Hall–Kier alpha value is -1.97. The van der Waals surface area contributed by atoms with Crippen LogP contribution in [0.1, 0.15) is 20.7 Å². The van der Waals surface area contributed by atoms with E-state index in [9.17, 15) is 14.4 Å². The highest BCUT2D eigenvalue weighted by Gasteiger charge is 2.32. The summed E-state index contributed by atoms with van der Waals surface area (Å²) in [5.74, 6) is -1.33. The fraction of sp³-hybridized carbons (Fsp3) is 0. The SMILES string of the molecule is O=C1OC(=O)c2cc3c(=O)c3cc21. The molecule has 0 bridgehead atoms. The summed E-state index contributed by atoms with van der Waals surface area (Å²) in [4.78, 5) is 32.9. The predicted molar refractivity (Wildman–Crippen MR) is 42.3 cm³/mol. The molecule has 0 amide bonds. The molecule has 3 rings (SSSR count). The average molecular weight is 174 g/mol. The maximum absolute atomic E-state index is 11.0. The minimum Gasteiger partial charge on any atom is -0.386 e. The van der Waals surface area contributed by atoms with E-state index in [4.69, 9.17) is 0 Å². The molecule has 2 aromatic rings. The van der Waals surface area contributed by atoms with Gasteiger partial charge in [0.25, 0.3) is 0 Å². The number of cyclic esters (lactones) is 2. The second kappa shape index (κ2) is 1.69. The molecular formula is C9H2O4. The molecule has 0 spiro atoms. The number of fused-ring (bicyclic) bond motifs is 2. The lowest BCUT2D eigenvalue weighted by Crippen LogP contribution is -1.97. The van der Waals surface area contributed by atoms with Gasteiger partial charge in [-0.3, -0.25) is 4.79 Å². The van der Waals surface area contributed by atoms with Crippen molar-refractivity contribution in [1.82, 2.24) is 0 Å². The summed E-state index contributed by atoms with van der Waals surface area (Å²) in [5.41, 5.74) is 0.319. The first-order chi connectivity index (χ1) is 6.18. The van der Waals surface area contributed by atoms with E-state index >= 15 is 0 Å².